The molecule has 0 fully saturated rings. The standard InChI is InChI=1S/C30H34N2O8S/c1-37-25-10-8-22(9-11-25)23-20-28(30(34)31-24-6-4-3-5-7-24)40-29(21-23)39-19-17-32(16-18-33)41(35,36)27-14-12-26(38-2)13-15-27/h3-15,20,23,29,33H,16-19,21H2,1-2H3,(H,31,34)/t23-,29+/m0/s1. The van der Waals surface area contributed by atoms with Crippen LogP contribution in [0.1, 0.15) is 17.9 Å². The summed E-state index contributed by atoms with van der Waals surface area (Å²) in [5.41, 5.74) is 1.56. The number of hydrogen-bond donors (Lipinski definition) is 2. The fourth-order valence-corrected chi connectivity index (χ4v) is 5.78. The zero-order valence-corrected chi connectivity index (χ0v) is 23.8. The summed E-state index contributed by atoms with van der Waals surface area (Å²) in [6.07, 6.45) is 1.34. The minimum Gasteiger partial charge on any atom is -0.497 e. The van der Waals surface area contributed by atoms with Gasteiger partial charge in [-0.25, -0.2) is 8.42 Å². The number of aliphatic hydroxyl groups excluding tert-OH is 1. The van der Waals surface area contributed by atoms with Gasteiger partial charge in [-0.1, -0.05) is 30.3 Å². The molecule has 0 saturated heterocycles. The van der Waals surface area contributed by atoms with Crippen molar-refractivity contribution >= 4 is 21.6 Å². The number of carbonyl (C=O) groups is 1. The van der Waals surface area contributed by atoms with Crippen LogP contribution < -0.4 is 14.8 Å². The molecule has 1 aliphatic heterocycles. The zero-order chi connectivity index (χ0) is 29.2. The van der Waals surface area contributed by atoms with E-state index in [1.54, 1.807) is 37.5 Å². The maximum atomic E-state index is 13.2. The fraction of sp³-hybridized carbons (Fsp3) is 0.300. The highest BCUT2D eigenvalue weighted by atomic mass is 32.2. The maximum Gasteiger partial charge on any atom is 0.290 e. The molecule has 0 unspecified atom stereocenters. The first kappa shape index (κ1) is 30.1. The third kappa shape index (κ3) is 7.86. The van der Waals surface area contributed by atoms with E-state index in [2.05, 4.69) is 5.32 Å². The van der Waals surface area contributed by atoms with Crippen molar-refractivity contribution in [2.45, 2.75) is 23.5 Å². The van der Waals surface area contributed by atoms with Crippen LogP contribution in [0.2, 0.25) is 0 Å². The molecule has 0 bridgehead atoms. The van der Waals surface area contributed by atoms with E-state index in [0.29, 0.717) is 23.6 Å². The van der Waals surface area contributed by atoms with Crippen molar-refractivity contribution in [2.75, 3.05) is 45.8 Å². The van der Waals surface area contributed by atoms with E-state index in [-0.39, 0.29) is 42.9 Å². The summed E-state index contributed by atoms with van der Waals surface area (Å²) in [4.78, 5) is 13.2. The average molecular weight is 583 g/mol. The average Bonchev–Trinajstić information content (AvgIpc) is 3.01. The van der Waals surface area contributed by atoms with Crippen LogP contribution in [0, 0.1) is 0 Å². The van der Waals surface area contributed by atoms with Gasteiger partial charge in [0.15, 0.2) is 5.76 Å². The minimum absolute atomic E-state index is 0.0248. The van der Waals surface area contributed by atoms with Gasteiger partial charge in [-0.3, -0.25) is 4.79 Å². The number of methoxy groups -OCH3 is 2. The van der Waals surface area contributed by atoms with Crippen molar-refractivity contribution in [1.29, 1.82) is 0 Å². The van der Waals surface area contributed by atoms with Gasteiger partial charge in [-0.05, 0) is 60.2 Å². The molecule has 11 heteroatoms. The highest BCUT2D eigenvalue weighted by molar-refractivity contribution is 7.89. The molecular formula is C30H34N2O8S. The molecule has 1 amide bonds. The van der Waals surface area contributed by atoms with Crippen LogP contribution in [0.5, 0.6) is 11.5 Å². The van der Waals surface area contributed by atoms with Crippen molar-refractivity contribution in [3.63, 3.8) is 0 Å². The first-order chi connectivity index (χ1) is 19.8. The van der Waals surface area contributed by atoms with Gasteiger partial charge in [0.1, 0.15) is 11.5 Å². The molecule has 2 N–H and O–H groups in total. The van der Waals surface area contributed by atoms with E-state index in [9.17, 15) is 18.3 Å². The molecule has 0 aliphatic carbocycles. The Kier molecular flexibility index (Phi) is 10.4. The van der Waals surface area contributed by atoms with E-state index in [1.165, 1.54) is 19.2 Å². The lowest BCUT2D eigenvalue weighted by Crippen LogP contribution is -2.37. The van der Waals surface area contributed by atoms with Crippen molar-refractivity contribution in [3.8, 4) is 11.5 Å². The lowest BCUT2D eigenvalue weighted by molar-refractivity contribution is -0.143. The molecule has 218 valence electrons. The number of anilines is 1. The molecule has 3 aromatic carbocycles. The summed E-state index contributed by atoms with van der Waals surface area (Å²) in [6.45, 7) is -0.524. The molecule has 0 spiro atoms. The number of ether oxygens (including phenoxy) is 4. The van der Waals surface area contributed by atoms with Crippen LogP contribution in [0.4, 0.5) is 5.69 Å². The first-order valence-corrected chi connectivity index (χ1v) is 14.5. The Labute approximate surface area is 240 Å². The molecule has 0 radical (unpaired) electrons. The predicted molar refractivity (Wildman–Crippen MR) is 153 cm³/mol. The number of nitrogens with one attached hydrogen (secondary N) is 1. The lowest BCUT2D eigenvalue weighted by atomic mass is 9.93. The number of aliphatic hydroxyl groups is 1. The van der Waals surface area contributed by atoms with Gasteiger partial charge >= 0.3 is 0 Å². The summed E-state index contributed by atoms with van der Waals surface area (Å²) in [7, 11) is -0.812. The van der Waals surface area contributed by atoms with E-state index in [4.69, 9.17) is 18.9 Å². The lowest BCUT2D eigenvalue weighted by Gasteiger charge is -2.30. The van der Waals surface area contributed by atoms with Crippen LogP contribution in [-0.2, 0) is 24.3 Å². The number of hydrogen-bond acceptors (Lipinski definition) is 8. The Bertz CT molecular complexity index is 1410. The fourth-order valence-electron chi connectivity index (χ4n) is 4.36. The number of carbonyl (C=O) groups excluding carboxylic acids is 1. The Morgan fingerprint density at radius 2 is 1.59 bits per heavy atom. The van der Waals surface area contributed by atoms with Crippen molar-refractivity contribution in [3.05, 3.63) is 96.3 Å². The topological polar surface area (TPSA) is 124 Å². The predicted octanol–water partition coefficient (Wildman–Crippen LogP) is 3.76. The monoisotopic (exact) mass is 582 g/mol. The Morgan fingerprint density at radius 3 is 2.20 bits per heavy atom. The maximum absolute atomic E-state index is 13.2. The molecule has 2 atom stereocenters. The Morgan fingerprint density at radius 1 is 0.951 bits per heavy atom. The number of allylic oxidation sites excluding steroid dienone is 1. The third-order valence-electron chi connectivity index (χ3n) is 6.55. The highest BCUT2D eigenvalue weighted by Crippen LogP contribution is 2.33. The van der Waals surface area contributed by atoms with Crippen LogP contribution in [-0.4, -0.2) is 70.5 Å². The van der Waals surface area contributed by atoms with Crippen LogP contribution in [0.15, 0.2) is 95.6 Å². The first-order valence-electron chi connectivity index (χ1n) is 13.1. The van der Waals surface area contributed by atoms with Crippen molar-refractivity contribution < 1.29 is 37.3 Å². The second kappa shape index (κ2) is 14.1. The minimum atomic E-state index is -3.90. The van der Waals surface area contributed by atoms with E-state index >= 15 is 0 Å². The van der Waals surface area contributed by atoms with Gasteiger partial charge in [-0.2, -0.15) is 4.31 Å². The van der Waals surface area contributed by atoms with E-state index in [1.807, 2.05) is 42.5 Å². The van der Waals surface area contributed by atoms with Crippen LogP contribution in [0.25, 0.3) is 0 Å². The number of amides is 1. The van der Waals surface area contributed by atoms with Crippen LogP contribution >= 0.6 is 0 Å². The summed E-state index contributed by atoms with van der Waals surface area (Å²) in [6, 6.07) is 22.6. The Balaban J connectivity index is 1.47. The molecule has 1 aliphatic rings. The normalized spacial score (nSPS) is 16.9. The SMILES string of the molecule is COc1ccc([C@H]2C=C(C(=O)Nc3ccccc3)O[C@@H](OCCN(CCO)S(=O)(=O)c3ccc(OC)cc3)C2)cc1. The number of rotatable bonds is 13. The molecule has 10 nitrogen and oxygen atoms in total. The van der Waals surface area contributed by atoms with Gasteiger partial charge in [0, 0.05) is 31.1 Å². The second-order valence-corrected chi connectivity index (χ2v) is 11.1. The molecule has 41 heavy (non-hydrogen) atoms. The summed E-state index contributed by atoms with van der Waals surface area (Å²) in [5.74, 6) is 0.715. The molecule has 3 aromatic rings. The number of nitrogens with zero attached hydrogens (tertiary/aromatic N) is 1. The van der Waals surface area contributed by atoms with E-state index in [0.717, 1.165) is 9.87 Å². The zero-order valence-electron chi connectivity index (χ0n) is 22.9. The van der Waals surface area contributed by atoms with Gasteiger partial charge in [0.25, 0.3) is 5.91 Å². The molecule has 1 heterocycles. The molecule has 4 rings (SSSR count). The summed E-state index contributed by atoms with van der Waals surface area (Å²) in [5, 5.41) is 12.4. The number of para-hydroxylation sites is 1. The number of benzene rings is 3. The molecule has 0 aromatic heterocycles. The van der Waals surface area contributed by atoms with Gasteiger partial charge in [0.2, 0.25) is 16.3 Å². The number of sulfonamides is 1. The Hall–Kier alpha value is -3.90. The van der Waals surface area contributed by atoms with Crippen molar-refractivity contribution in [2.24, 2.45) is 0 Å². The third-order valence-corrected chi connectivity index (χ3v) is 8.46. The second-order valence-electron chi connectivity index (χ2n) is 9.19. The van der Waals surface area contributed by atoms with Gasteiger partial charge in [-0.15, -0.1) is 0 Å². The van der Waals surface area contributed by atoms with E-state index < -0.39 is 22.2 Å². The molecule has 0 saturated carbocycles. The van der Waals surface area contributed by atoms with Crippen molar-refractivity contribution in [1.82, 2.24) is 4.31 Å². The van der Waals surface area contributed by atoms with Gasteiger partial charge < -0.3 is 29.4 Å². The quantitative estimate of drug-likeness (QED) is 0.312. The van der Waals surface area contributed by atoms with Crippen LogP contribution in [0.3, 0.4) is 0 Å². The largest absolute Gasteiger partial charge is 0.497 e. The highest BCUT2D eigenvalue weighted by Gasteiger charge is 2.30. The summed E-state index contributed by atoms with van der Waals surface area (Å²) < 4.78 is 49.9. The summed E-state index contributed by atoms with van der Waals surface area (Å²) >= 11 is 0. The smallest absolute Gasteiger partial charge is 0.290 e. The molecular weight excluding hydrogens is 548 g/mol. The van der Waals surface area contributed by atoms with Gasteiger partial charge in [0.05, 0.1) is 32.3 Å².